The number of aliphatic carboxylic acids is 1. The number of hydrogen-bond acceptors (Lipinski definition) is 5. The van der Waals surface area contributed by atoms with E-state index in [1.165, 1.54) is 22.5 Å². The van der Waals surface area contributed by atoms with E-state index in [-0.39, 0.29) is 29.5 Å². The van der Waals surface area contributed by atoms with E-state index in [4.69, 9.17) is 0 Å². The van der Waals surface area contributed by atoms with E-state index in [1.54, 1.807) is 0 Å². The number of hydrogen-bond donors (Lipinski definition) is 2. The summed E-state index contributed by atoms with van der Waals surface area (Å²) in [7, 11) is -3.82. The number of carboxylic acids is 1. The van der Waals surface area contributed by atoms with Crippen LogP contribution >= 0.6 is 0 Å². The maximum Gasteiger partial charge on any atom is 0.311 e. The molecular formula is C16H17N3O5S. The Balaban J connectivity index is 1.72. The monoisotopic (exact) mass is 363 g/mol. The van der Waals surface area contributed by atoms with Crippen LogP contribution in [0.15, 0.2) is 34.1 Å². The lowest BCUT2D eigenvalue weighted by Crippen LogP contribution is -2.37. The molecule has 25 heavy (non-hydrogen) atoms. The van der Waals surface area contributed by atoms with Crippen LogP contribution in [0.2, 0.25) is 0 Å². The fourth-order valence-electron chi connectivity index (χ4n) is 4.10. The van der Waals surface area contributed by atoms with Gasteiger partial charge >= 0.3 is 5.97 Å². The van der Waals surface area contributed by atoms with E-state index in [9.17, 15) is 23.1 Å². The van der Waals surface area contributed by atoms with Crippen LogP contribution in [0.25, 0.3) is 11.0 Å². The van der Waals surface area contributed by atoms with Crippen LogP contribution < -0.4 is 5.56 Å². The van der Waals surface area contributed by atoms with Crippen molar-refractivity contribution in [3.8, 4) is 0 Å². The van der Waals surface area contributed by atoms with Gasteiger partial charge in [0.05, 0.1) is 27.5 Å². The molecule has 1 aliphatic heterocycles. The highest BCUT2D eigenvalue weighted by atomic mass is 32.2. The van der Waals surface area contributed by atoms with Crippen LogP contribution in [0.3, 0.4) is 0 Å². The van der Waals surface area contributed by atoms with Gasteiger partial charge in [-0.3, -0.25) is 9.59 Å². The first-order valence-electron chi connectivity index (χ1n) is 8.06. The van der Waals surface area contributed by atoms with E-state index in [2.05, 4.69) is 9.97 Å². The molecule has 132 valence electrons. The summed E-state index contributed by atoms with van der Waals surface area (Å²) in [5.74, 6) is -1.06. The van der Waals surface area contributed by atoms with E-state index in [1.807, 2.05) is 0 Å². The summed E-state index contributed by atoms with van der Waals surface area (Å²) in [6.07, 6.45) is 3.16. The fraction of sp³-hybridized carbons (Fsp3) is 0.438. The maximum atomic E-state index is 13.0. The Hall–Kier alpha value is -2.26. The van der Waals surface area contributed by atoms with Crippen molar-refractivity contribution in [2.75, 3.05) is 13.1 Å². The summed E-state index contributed by atoms with van der Waals surface area (Å²) >= 11 is 0. The molecular weight excluding hydrogens is 346 g/mol. The highest BCUT2D eigenvalue weighted by molar-refractivity contribution is 7.89. The first-order valence-corrected chi connectivity index (χ1v) is 9.50. The van der Waals surface area contributed by atoms with Gasteiger partial charge in [-0.05, 0) is 37.0 Å². The lowest BCUT2D eigenvalue weighted by atomic mass is 9.81. The number of fused-ring (bicyclic) bond motifs is 2. The van der Waals surface area contributed by atoms with E-state index in [0.29, 0.717) is 17.5 Å². The summed E-state index contributed by atoms with van der Waals surface area (Å²) in [5, 5.41) is 9.63. The number of nitrogens with one attached hydrogen (secondary N) is 1. The molecule has 4 rings (SSSR count). The highest BCUT2D eigenvalue weighted by Gasteiger charge is 2.57. The lowest BCUT2D eigenvalue weighted by Gasteiger charge is -2.23. The molecule has 1 aromatic heterocycles. The zero-order valence-corrected chi connectivity index (χ0v) is 14.1. The summed E-state index contributed by atoms with van der Waals surface area (Å²) in [6.45, 7) is 0.234. The molecule has 9 heteroatoms. The van der Waals surface area contributed by atoms with Gasteiger partial charge in [-0.1, -0.05) is 6.42 Å². The van der Waals surface area contributed by atoms with Crippen LogP contribution in [-0.2, 0) is 14.8 Å². The molecule has 2 aliphatic rings. The SMILES string of the molecule is O=C(O)[C@@]12CCC[C@H]1CN(S(=O)(=O)c1ccc3[nH]c(=O)cnc3c1)C2. The van der Waals surface area contributed by atoms with E-state index >= 15 is 0 Å². The topological polar surface area (TPSA) is 120 Å². The Morgan fingerprint density at radius 3 is 2.92 bits per heavy atom. The highest BCUT2D eigenvalue weighted by Crippen LogP contribution is 2.50. The second-order valence-electron chi connectivity index (χ2n) is 6.77. The van der Waals surface area contributed by atoms with Gasteiger partial charge in [-0.2, -0.15) is 4.31 Å². The molecule has 0 radical (unpaired) electrons. The number of aromatic amines is 1. The van der Waals surface area contributed by atoms with Crippen LogP contribution in [0.1, 0.15) is 19.3 Å². The van der Waals surface area contributed by atoms with Gasteiger partial charge in [-0.15, -0.1) is 0 Å². The Bertz CT molecular complexity index is 1030. The average Bonchev–Trinajstić information content (AvgIpc) is 3.12. The van der Waals surface area contributed by atoms with E-state index < -0.39 is 21.4 Å². The third-order valence-electron chi connectivity index (χ3n) is 5.45. The van der Waals surface area contributed by atoms with Crippen molar-refractivity contribution in [3.63, 3.8) is 0 Å². The molecule has 2 fully saturated rings. The maximum absolute atomic E-state index is 13.0. The largest absolute Gasteiger partial charge is 0.481 e. The summed E-state index contributed by atoms with van der Waals surface area (Å²) in [4.78, 5) is 29.6. The van der Waals surface area contributed by atoms with Crippen molar-refractivity contribution in [1.82, 2.24) is 14.3 Å². The minimum absolute atomic E-state index is 0.00637. The molecule has 0 unspecified atom stereocenters. The number of sulfonamides is 1. The van der Waals surface area contributed by atoms with Gasteiger partial charge in [0.1, 0.15) is 0 Å². The number of carbonyl (C=O) groups is 1. The van der Waals surface area contributed by atoms with Gasteiger partial charge in [0.25, 0.3) is 5.56 Å². The number of aromatic nitrogens is 2. The summed E-state index contributed by atoms with van der Waals surface area (Å²) in [6, 6.07) is 4.32. The molecule has 8 nitrogen and oxygen atoms in total. The van der Waals surface area contributed by atoms with E-state index in [0.717, 1.165) is 19.0 Å². The number of rotatable bonds is 3. The Morgan fingerprint density at radius 1 is 1.40 bits per heavy atom. The van der Waals surface area contributed by atoms with Crippen molar-refractivity contribution in [2.45, 2.75) is 24.2 Å². The van der Waals surface area contributed by atoms with Gasteiger partial charge in [0, 0.05) is 13.1 Å². The quantitative estimate of drug-likeness (QED) is 0.832. The minimum Gasteiger partial charge on any atom is -0.481 e. The van der Waals surface area contributed by atoms with Gasteiger partial charge < -0.3 is 10.1 Å². The van der Waals surface area contributed by atoms with Crippen LogP contribution in [-0.4, -0.2) is 46.9 Å². The van der Waals surface area contributed by atoms with Gasteiger partial charge in [0.2, 0.25) is 10.0 Å². The molecule has 1 saturated carbocycles. The Labute approximate surface area is 143 Å². The average molecular weight is 363 g/mol. The minimum atomic E-state index is -3.82. The van der Waals surface area contributed by atoms with Crippen LogP contribution in [0.5, 0.6) is 0 Å². The van der Waals surface area contributed by atoms with Crippen molar-refractivity contribution in [3.05, 3.63) is 34.7 Å². The Kier molecular flexibility index (Phi) is 3.48. The number of carboxylic acid groups (broad SMARTS) is 1. The molecule has 1 aliphatic carbocycles. The number of nitrogens with zero attached hydrogens (tertiary/aromatic N) is 2. The summed E-state index contributed by atoms with van der Waals surface area (Å²) < 4.78 is 27.2. The smallest absolute Gasteiger partial charge is 0.311 e. The molecule has 2 atom stereocenters. The van der Waals surface area contributed by atoms with Crippen molar-refractivity contribution in [1.29, 1.82) is 0 Å². The standard InChI is InChI=1S/C16H17N3O5S/c20-14-7-17-13-6-11(3-4-12(13)18-14)25(23,24)19-8-10-2-1-5-16(10,9-19)15(21)22/h3-4,6-7,10H,1-2,5,8-9H2,(H,18,20)(H,21,22)/t10-,16+/m0/s1. The zero-order valence-electron chi connectivity index (χ0n) is 13.3. The third-order valence-corrected chi connectivity index (χ3v) is 7.26. The first kappa shape index (κ1) is 16.2. The van der Waals surface area contributed by atoms with Crippen LogP contribution in [0.4, 0.5) is 0 Å². The van der Waals surface area contributed by atoms with Crippen molar-refractivity contribution >= 4 is 27.0 Å². The second-order valence-corrected chi connectivity index (χ2v) is 8.71. The number of H-pyrrole nitrogens is 1. The molecule has 0 amide bonds. The zero-order chi connectivity index (χ0) is 17.8. The predicted octanol–water partition coefficient (Wildman–Crippen LogP) is 0.798. The predicted molar refractivity (Wildman–Crippen MR) is 88.5 cm³/mol. The molecule has 2 aromatic rings. The van der Waals surface area contributed by atoms with Crippen molar-refractivity contribution in [2.24, 2.45) is 11.3 Å². The Morgan fingerprint density at radius 2 is 2.20 bits per heavy atom. The van der Waals surface area contributed by atoms with Crippen molar-refractivity contribution < 1.29 is 18.3 Å². The molecule has 1 saturated heterocycles. The van der Waals surface area contributed by atoms with Gasteiger partial charge in [0.15, 0.2) is 0 Å². The molecule has 1 aromatic carbocycles. The third kappa shape index (κ3) is 2.37. The number of benzene rings is 1. The lowest BCUT2D eigenvalue weighted by molar-refractivity contribution is -0.149. The van der Waals surface area contributed by atoms with Crippen LogP contribution in [0, 0.1) is 11.3 Å². The molecule has 2 N–H and O–H groups in total. The van der Waals surface area contributed by atoms with Gasteiger partial charge in [-0.25, -0.2) is 13.4 Å². The molecule has 0 spiro atoms. The fourth-order valence-corrected chi connectivity index (χ4v) is 5.68. The second kappa shape index (κ2) is 5.37. The first-order chi connectivity index (χ1) is 11.8. The molecule has 2 heterocycles. The summed E-state index contributed by atoms with van der Waals surface area (Å²) in [5.41, 5.74) is -0.508. The normalized spacial score (nSPS) is 26.8. The molecule has 0 bridgehead atoms.